The molecule has 3 nitrogen and oxygen atoms in total. The van der Waals surface area contributed by atoms with Crippen LogP contribution in [0, 0.1) is 0 Å². The van der Waals surface area contributed by atoms with Gasteiger partial charge in [0.2, 0.25) is 5.91 Å². The highest BCUT2D eigenvalue weighted by Crippen LogP contribution is 2.25. The lowest BCUT2D eigenvalue weighted by Gasteiger charge is -2.34. The fraction of sp³-hybridized carbons (Fsp3) is 0.938. The van der Waals surface area contributed by atoms with Crippen molar-refractivity contribution in [1.82, 2.24) is 9.80 Å². The first-order chi connectivity index (χ1) is 9.24. The summed E-state index contributed by atoms with van der Waals surface area (Å²) in [4.78, 5) is 17.3. The average molecular weight is 266 g/mol. The molecule has 1 aliphatic heterocycles. The molecular formula is C16H30N2O. The van der Waals surface area contributed by atoms with Crippen molar-refractivity contribution in [3.63, 3.8) is 0 Å². The van der Waals surface area contributed by atoms with Gasteiger partial charge in [0.05, 0.1) is 6.04 Å². The summed E-state index contributed by atoms with van der Waals surface area (Å²) in [5.74, 6) is 0.411. The fourth-order valence-electron chi connectivity index (χ4n) is 3.70. The number of amides is 1. The maximum Gasteiger partial charge on any atom is 0.240 e. The van der Waals surface area contributed by atoms with Gasteiger partial charge in [0.1, 0.15) is 0 Å². The van der Waals surface area contributed by atoms with Crippen molar-refractivity contribution in [3.05, 3.63) is 0 Å². The van der Waals surface area contributed by atoms with Crippen molar-refractivity contribution in [2.75, 3.05) is 20.1 Å². The molecule has 1 atom stereocenters. The Morgan fingerprint density at radius 2 is 1.79 bits per heavy atom. The van der Waals surface area contributed by atoms with Crippen molar-refractivity contribution < 1.29 is 4.79 Å². The van der Waals surface area contributed by atoms with Crippen LogP contribution in [0.2, 0.25) is 0 Å². The molecule has 0 unspecified atom stereocenters. The highest BCUT2D eigenvalue weighted by atomic mass is 16.2. The van der Waals surface area contributed by atoms with Crippen molar-refractivity contribution in [3.8, 4) is 0 Å². The molecule has 1 saturated heterocycles. The van der Waals surface area contributed by atoms with Crippen LogP contribution >= 0.6 is 0 Å². The normalized spacial score (nSPS) is 26.3. The molecule has 0 aromatic rings. The molecule has 0 aromatic carbocycles. The number of carbonyl (C=O) groups is 1. The number of likely N-dealkylation sites (tertiary alicyclic amines) is 1. The van der Waals surface area contributed by atoms with E-state index in [1.165, 1.54) is 44.9 Å². The standard InChI is InChI=1S/C16H30N2O/c1-3-12-18(14-9-6-4-5-7-10-14)16(19)15-11-8-13-17(15)2/h14-15H,3-13H2,1-2H3/t15-/m0/s1. The van der Waals surface area contributed by atoms with Crippen LogP contribution in [0.15, 0.2) is 0 Å². The van der Waals surface area contributed by atoms with E-state index in [-0.39, 0.29) is 6.04 Å². The number of hydrogen-bond acceptors (Lipinski definition) is 2. The molecule has 0 aromatic heterocycles. The van der Waals surface area contributed by atoms with Crippen LogP contribution in [0.4, 0.5) is 0 Å². The van der Waals surface area contributed by atoms with E-state index in [9.17, 15) is 4.79 Å². The van der Waals surface area contributed by atoms with Crippen molar-refractivity contribution in [2.45, 2.75) is 76.8 Å². The lowest BCUT2D eigenvalue weighted by Crippen LogP contribution is -2.49. The van der Waals surface area contributed by atoms with E-state index in [4.69, 9.17) is 0 Å². The minimum absolute atomic E-state index is 0.162. The first-order valence-corrected chi connectivity index (χ1v) is 8.24. The summed E-state index contributed by atoms with van der Waals surface area (Å²) in [6, 6.07) is 0.679. The Kier molecular flexibility index (Phi) is 5.68. The molecule has 0 spiro atoms. The second kappa shape index (κ2) is 7.28. The molecule has 0 N–H and O–H groups in total. The largest absolute Gasteiger partial charge is 0.338 e. The zero-order chi connectivity index (χ0) is 13.7. The van der Waals surface area contributed by atoms with E-state index >= 15 is 0 Å². The Labute approximate surface area is 118 Å². The first kappa shape index (κ1) is 14.8. The summed E-state index contributed by atoms with van der Waals surface area (Å²) in [5, 5.41) is 0. The van der Waals surface area contributed by atoms with Gasteiger partial charge in [0.25, 0.3) is 0 Å². The van der Waals surface area contributed by atoms with E-state index in [0.717, 1.165) is 25.9 Å². The van der Waals surface area contributed by atoms with Gasteiger partial charge in [0.15, 0.2) is 0 Å². The second-order valence-corrected chi connectivity index (χ2v) is 6.32. The van der Waals surface area contributed by atoms with Crippen LogP contribution in [0.25, 0.3) is 0 Å². The number of likely N-dealkylation sites (N-methyl/N-ethyl adjacent to an activating group) is 1. The van der Waals surface area contributed by atoms with E-state index < -0.39 is 0 Å². The Balaban J connectivity index is 2.02. The van der Waals surface area contributed by atoms with Gasteiger partial charge in [0, 0.05) is 12.6 Å². The molecular weight excluding hydrogens is 236 g/mol. The summed E-state index contributed by atoms with van der Waals surface area (Å²) in [6.45, 7) is 4.23. The third kappa shape index (κ3) is 3.71. The third-order valence-electron chi connectivity index (χ3n) is 4.82. The summed E-state index contributed by atoms with van der Waals surface area (Å²) >= 11 is 0. The molecule has 3 heteroatoms. The van der Waals surface area contributed by atoms with Crippen LogP contribution in [0.5, 0.6) is 0 Å². The van der Waals surface area contributed by atoms with Crippen molar-refractivity contribution >= 4 is 5.91 Å². The molecule has 0 radical (unpaired) electrons. The summed E-state index contributed by atoms with van der Waals surface area (Å²) in [5.41, 5.74) is 0. The summed E-state index contributed by atoms with van der Waals surface area (Å²) < 4.78 is 0. The zero-order valence-electron chi connectivity index (χ0n) is 12.7. The maximum absolute atomic E-state index is 12.8. The van der Waals surface area contributed by atoms with Gasteiger partial charge >= 0.3 is 0 Å². The summed E-state index contributed by atoms with van der Waals surface area (Å²) in [6.07, 6.45) is 11.1. The first-order valence-electron chi connectivity index (χ1n) is 8.24. The van der Waals surface area contributed by atoms with Gasteiger partial charge in [-0.1, -0.05) is 32.6 Å². The highest BCUT2D eigenvalue weighted by molar-refractivity contribution is 5.82. The van der Waals surface area contributed by atoms with Gasteiger partial charge < -0.3 is 4.90 Å². The smallest absolute Gasteiger partial charge is 0.240 e. The molecule has 2 rings (SSSR count). The predicted molar refractivity (Wildman–Crippen MR) is 79.1 cm³/mol. The van der Waals surface area contributed by atoms with Crippen LogP contribution < -0.4 is 0 Å². The minimum atomic E-state index is 0.162. The minimum Gasteiger partial charge on any atom is -0.338 e. The third-order valence-corrected chi connectivity index (χ3v) is 4.82. The number of rotatable bonds is 4. The van der Waals surface area contributed by atoms with Crippen LogP contribution in [-0.2, 0) is 4.79 Å². The van der Waals surface area contributed by atoms with Crippen molar-refractivity contribution in [2.24, 2.45) is 0 Å². The SMILES string of the molecule is CCCN(C(=O)[C@@H]1CCCN1C)C1CCCCCC1. The van der Waals surface area contributed by atoms with Gasteiger partial charge in [-0.3, -0.25) is 9.69 Å². The van der Waals surface area contributed by atoms with Gasteiger partial charge in [-0.15, -0.1) is 0 Å². The van der Waals surface area contributed by atoms with E-state index in [0.29, 0.717) is 11.9 Å². The lowest BCUT2D eigenvalue weighted by atomic mass is 10.0. The Bertz CT molecular complexity index is 284. The number of nitrogens with zero attached hydrogens (tertiary/aromatic N) is 2. The van der Waals surface area contributed by atoms with Crippen LogP contribution in [0.3, 0.4) is 0 Å². The molecule has 0 bridgehead atoms. The van der Waals surface area contributed by atoms with E-state index in [1.807, 2.05) is 0 Å². The molecule has 2 fully saturated rings. The van der Waals surface area contributed by atoms with Crippen LogP contribution in [0.1, 0.15) is 64.7 Å². The Hall–Kier alpha value is -0.570. The average Bonchev–Trinajstić information content (AvgIpc) is 2.67. The Morgan fingerprint density at radius 1 is 1.11 bits per heavy atom. The maximum atomic E-state index is 12.8. The quantitative estimate of drug-likeness (QED) is 0.730. The van der Waals surface area contributed by atoms with E-state index in [1.54, 1.807) is 0 Å². The number of carbonyl (C=O) groups excluding carboxylic acids is 1. The molecule has 2 aliphatic rings. The lowest BCUT2D eigenvalue weighted by molar-refractivity contribution is -0.138. The van der Waals surface area contributed by atoms with Gasteiger partial charge in [-0.05, 0) is 45.7 Å². The van der Waals surface area contributed by atoms with Crippen LogP contribution in [-0.4, -0.2) is 47.9 Å². The summed E-state index contributed by atoms with van der Waals surface area (Å²) in [7, 11) is 2.10. The molecule has 110 valence electrons. The molecule has 19 heavy (non-hydrogen) atoms. The Morgan fingerprint density at radius 3 is 2.32 bits per heavy atom. The highest BCUT2D eigenvalue weighted by Gasteiger charge is 2.34. The second-order valence-electron chi connectivity index (χ2n) is 6.32. The zero-order valence-corrected chi connectivity index (χ0v) is 12.7. The monoisotopic (exact) mass is 266 g/mol. The predicted octanol–water partition coefficient (Wildman–Crippen LogP) is 3.04. The van der Waals surface area contributed by atoms with Crippen molar-refractivity contribution in [1.29, 1.82) is 0 Å². The van der Waals surface area contributed by atoms with Gasteiger partial charge in [-0.2, -0.15) is 0 Å². The molecule has 1 amide bonds. The molecule has 1 aliphatic carbocycles. The van der Waals surface area contributed by atoms with Gasteiger partial charge in [-0.25, -0.2) is 0 Å². The molecule has 1 heterocycles. The number of hydrogen-bond donors (Lipinski definition) is 0. The fourth-order valence-corrected chi connectivity index (χ4v) is 3.70. The molecule has 1 saturated carbocycles. The topological polar surface area (TPSA) is 23.6 Å². The van der Waals surface area contributed by atoms with E-state index in [2.05, 4.69) is 23.8 Å².